The summed E-state index contributed by atoms with van der Waals surface area (Å²) < 4.78 is 13.6. The molecule has 3 aromatic heterocycles. The van der Waals surface area contributed by atoms with Gasteiger partial charge in [-0.15, -0.1) is 10.2 Å². The Bertz CT molecular complexity index is 1110. The lowest BCUT2D eigenvalue weighted by atomic mass is 10.2. The number of furan rings is 2. The molecule has 0 unspecified atom stereocenters. The molecule has 7 nitrogen and oxygen atoms in total. The Kier molecular flexibility index (Phi) is 6.39. The third kappa shape index (κ3) is 4.85. The van der Waals surface area contributed by atoms with Gasteiger partial charge in [-0.25, -0.2) is 0 Å². The summed E-state index contributed by atoms with van der Waals surface area (Å²) in [6.45, 7) is 0.995. The van der Waals surface area contributed by atoms with Gasteiger partial charge in [0.05, 0.1) is 25.1 Å². The average molecular weight is 487 g/mol. The van der Waals surface area contributed by atoms with E-state index in [0.717, 1.165) is 11.3 Å². The molecule has 0 atom stereocenters. The second-order valence-corrected chi connectivity index (χ2v) is 8.32. The predicted molar refractivity (Wildman–Crippen MR) is 117 cm³/mol. The molecular weight excluding hydrogens is 468 g/mol. The Labute approximate surface area is 186 Å². The van der Waals surface area contributed by atoms with Gasteiger partial charge in [0.2, 0.25) is 11.7 Å². The highest BCUT2D eigenvalue weighted by molar-refractivity contribution is 9.10. The summed E-state index contributed by atoms with van der Waals surface area (Å²) in [5, 5.41) is 9.29. The summed E-state index contributed by atoms with van der Waals surface area (Å²) >= 11 is 4.68. The number of carbonyl (C=O) groups excluding carboxylic acids is 1. The number of halogens is 1. The van der Waals surface area contributed by atoms with Crippen LogP contribution in [0.25, 0.3) is 11.6 Å². The van der Waals surface area contributed by atoms with E-state index in [1.807, 2.05) is 59.2 Å². The number of hydrogen-bond acceptors (Lipinski definition) is 6. The molecule has 4 aromatic rings. The summed E-state index contributed by atoms with van der Waals surface area (Å²) in [4.78, 5) is 14.2. The maximum absolute atomic E-state index is 12.6. The van der Waals surface area contributed by atoms with Gasteiger partial charge in [0.1, 0.15) is 5.76 Å². The van der Waals surface area contributed by atoms with Gasteiger partial charge in [-0.3, -0.25) is 9.36 Å². The second-order valence-electron chi connectivity index (χ2n) is 6.60. The molecule has 0 aliphatic carbocycles. The van der Waals surface area contributed by atoms with E-state index in [0.29, 0.717) is 34.5 Å². The van der Waals surface area contributed by atoms with E-state index in [1.54, 1.807) is 18.2 Å². The molecule has 0 aliphatic rings. The molecule has 0 N–H and O–H groups in total. The topological polar surface area (TPSA) is 77.3 Å². The zero-order valence-corrected chi connectivity index (χ0v) is 18.6. The van der Waals surface area contributed by atoms with Gasteiger partial charge in [0, 0.05) is 7.05 Å². The van der Waals surface area contributed by atoms with Crippen LogP contribution in [0.2, 0.25) is 0 Å². The van der Waals surface area contributed by atoms with Crippen molar-refractivity contribution in [2.75, 3.05) is 12.8 Å². The number of aromatic nitrogens is 3. The minimum Gasteiger partial charge on any atom is -0.467 e. The molecule has 4 rings (SSSR count). The number of benzene rings is 1. The van der Waals surface area contributed by atoms with Gasteiger partial charge in [-0.2, -0.15) is 0 Å². The van der Waals surface area contributed by atoms with E-state index < -0.39 is 0 Å². The highest BCUT2D eigenvalue weighted by atomic mass is 79.9. The fourth-order valence-electron chi connectivity index (χ4n) is 2.88. The first-order valence-corrected chi connectivity index (χ1v) is 11.0. The fraction of sp³-hybridized carbons (Fsp3) is 0.190. The van der Waals surface area contributed by atoms with Crippen molar-refractivity contribution in [1.82, 2.24) is 19.7 Å². The maximum atomic E-state index is 12.6. The van der Waals surface area contributed by atoms with E-state index in [4.69, 9.17) is 8.83 Å². The Morgan fingerprint density at radius 2 is 1.97 bits per heavy atom. The van der Waals surface area contributed by atoms with Crippen LogP contribution in [0, 0.1) is 0 Å². The van der Waals surface area contributed by atoms with Gasteiger partial charge >= 0.3 is 0 Å². The van der Waals surface area contributed by atoms with E-state index in [1.165, 1.54) is 11.8 Å². The molecule has 0 saturated carbocycles. The first kappa shape index (κ1) is 20.5. The van der Waals surface area contributed by atoms with E-state index in [-0.39, 0.29) is 11.7 Å². The smallest absolute Gasteiger partial charge is 0.233 e. The van der Waals surface area contributed by atoms with Gasteiger partial charge in [-0.05, 0) is 45.8 Å². The standard InChI is InChI=1S/C21H19BrN4O3S/c1-25(13-16-8-5-11-28-16)19(27)14-30-21-24-23-20(17-9-10-18(22)29-17)26(21)12-15-6-3-2-4-7-15/h2-11H,12-14H2,1H3. The molecule has 0 radical (unpaired) electrons. The SMILES string of the molecule is CN(Cc1ccco1)C(=O)CSc1nnc(-c2ccc(Br)o2)n1Cc1ccccc1. The van der Waals surface area contributed by atoms with Crippen LogP contribution in [-0.4, -0.2) is 38.4 Å². The molecule has 9 heteroatoms. The number of amides is 1. The third-order valence-electron chi connectivity index (χ3n) is 4.42. The summed E-state index contributed by atoms with van der Waals surface area (Å²) in [5.41, 5.74) is 1.10. The highest BCUT2D eigenvalue weighted by Gasteiger charge is 2.19. The van der Waals surface area contributed by atoms with Crippen molar-refractivity contribution < 1.29 is 13.6 Å². The quantitative estimate of drug-likeness (QED) is 0.336. The minimum absolute atomic E-state index is 0.0204. The number of hydrogen-bond donors (Lipinski definition) is 0. The van der Waals surface area contributed by atoms with Gasteiger partial charge in [0.25, 0.3) is 0 Å². The van der Waals surface area contributed by atoms with Gasteiger partial charge in [0.15, 0.2) is 15.6 Å². The zero-order chi connectivity index (χ0) is 20.9. The Hall–Kier alpha value is -2.78. The number of carbonyl (C=O) groups is 1. The molecule has 0 saturated heterocycles. The van der Waals surface area contributed by atoms with Crippen molar-refractivity contribution >= 4 is 33.6 Å². The molecule has 0 bridgehead atoms. The van der Waals surface area contributed by atoms with E-state index in [9.17, 15) is 4.79 Å². The number of nitrogens with zero attached hydrogens (tertiary/aromatic N) is 4. The van der Waals surface area contributed by atoms with Gasteiger partial charge < -0.3 is 13.7 Å². The lowest BCUT2D eigenvalue weighted by Gasteiger charge is -2.15. The Morgan fingerprint density at radius 3 is 2.67 bits per heavy atom. The summed E-state index contributed by atoms with van der Waals surface area (Å²) in [7, 11) is 1.76. The maximum Gasteiger partial charge on any atom is 0.233 e. The fourth-order valence-corrected chi connectivity index (χ4v) is 4.07. The molecule has 0 fully saturated rings. The zero-order valence-electron chi connectivity index (χ0n) is 16.2. The minimum atomic E-state index is -0.0204. The number of rotatable bonds is 8. The van der Waals surface area contributed by atoms with E-state index >= 15 is 0 Å². The largest absolute Gasteiger partial charge is 0.467 e. The van der Waals surface area contributed by atoms with Crippen molar-refractivity contribution in [3.05, 3.63) is 76.9 Å². The van der Waals surface area contributed by atoms with Crippen LogP contribution in [0.5, 0.6) is 0 Å². The molecular formula is C21H19BrN4O3S. The Morgan fingerprint density at radius 1 is 1.13 bits per heavy atom. The van der Waals surface area contributed by atoms with Gasteiger partial charge in [-0.1, -0.05) is 42.1 Å². The summed E-state index contributed by atoms with van der Waals surface area (Å²) in [5.74, 6) is 2.19. The van der Waals surface area contributed by atoms with Crippen LogP contribution >= 0.6 is 27.7 Å². The van der Waals surface area contributed by atoms with Crippen LogP contribution in [0.4, 0.5) is 0 Å². The Balaban J connectivity index is 1.52. The molecule has 0 aliphatic heterocycles. The lowest BCUT2D eigenvalue weighted by molar-refractivity contribution is -0.127. The van der Waals surface area contributed by atoms with E-state index in [2.05, 4.69) is 26.1 Å². The first-order chi connectivity index (χ1) is 14.6. The van der Waals surface area contributed by atoms with Crippen LogP contribution in [0.3, 0.4) is 0 Å². The van der Waals surface area contributed by atoms with Crippen LogP contribution in [-0.2, 0) is 17.9 Å². The van der Waals surface area contributed by atoms with Crippen LogP contribution in [0.15, 0.2) is 79.5 Å². The van der Waals surface area contributed by atoms with Crippen molar-refractivity contribution in [2.45, 2.75) is 18.2 Å². The number of thioether (sulfide) groups is 1. The van der Waals surface area contributed by atoms with Crippen LogP contribution < -0.4 is 0 Å². The summed E-state index contributed by atoms with van der Waals surface area (Å²) in [6, 6.07) is 17.3. The molecule has 30 heavy (non-hydrogen) atoms. The molecule has 3 heterocycles. The van der Waals surface area contributed by atoms with Crippen molar-refractivity contribution in [2.24, 2.45) is 0 Å². The highest BCUT2D eigenvalue weighted by Crippen LogP contribution is 2.28. The second kappa shape index (κ2) is 9.36. The first-order valence-electron chi connectivity index (χ1n) is 9.22. The molecule has 0 spiro atoms. The molecule has 1 aromatic carbocycles. The average Bonchev–Trinajstić information content (AvgIpc) is 3.49. The van der Waals surface area contributed by atoms with Crippen molar-refractivity contribution in [1.29, 1.82) is 0 Å². The van der Waals surface area contributed by atoms with Crippen molar-refractivity contribution in [3.8, 4) is 11.6 Å². The third-order valence-corrected chi connectivity index (χ3v) is 5.80. The molecule has 1 amide bonds. The monoisotopic (exact) mass is 486 g/mol. The normalized spacial score (nSPS) is 11.0. The predicted octanol–water partition coefficient (Wildman–Crippen LogP) is 4.69. The van der Waals surface area contributed by atoms with Crippen molar-refractivity contribution in [3.63, 3.8) is 0 Å². The summed E-state index contributed by atoms with van der Waals surface area (Å²) in [6.07, 6.45) is 1.60. The molecule has 154 valence electrons. The van der Waals surface area contributed by atoms with Crippen LogP contribution in [0.1, 0.15) is 11.3 Å². The lowest BCUT2D eigenvalue weighted by Crippen LogP contribution is -2.27.